The second-order valence-electron chi connectivity index (χ2n) is 5.19. The van der Waals surface area contributed by atoms with E-state index in [1.165, 1.54) is 18.4 Å². The van der Waals surface area contributed by atoms with Crippen molar-refractivity contribution in [1.29, 1.82) is 0 Å². The largest absolute Gasteiger partial charge is 0.430 e. The van der Waals surface area contributed by atoms with Crippen LogP contribution in [0.5, 0.6) is 0 Å². The minimum absolute atomic E-state index is 0.0903. The van der Waals surface area contributed by atoms with Crippen molar-refractivity contribution in [1.82, 2.24) is 10.2 Å². The highest BCUT2D eigenvalue weighted by atomic mass is 16.4. The van der Waals surface area contributed by atoms with Gasteiger partial charge in [0.2, 0.25) is 0 Å². The molecule has 0 saturated carbocycles. The van der Waals surface area contributed by atoms with E-state index in [0.29, 0.717) is 18.2 Å². The van der Waals surface area contributed by atoms with Crippen LogP contribution in [0.2, 0.25) is 0 Å². The molecule has 1 N–H and O–H groups in total. The van der Waals surface area contributed by atoms with Crippen LogP contribution in [0.15, 0.2) is 27.6 Å². The molecular weight excluding hydrogens is 244 g/mol. The minimum atomic E-state index is -0.440. The third kappa shape index (κ3) is 3.44. The van der Waals surface area contributed by atoms with Gasteiger partial charge in [-0.3, -0.25) is 4.79 Å². The van der Waals surface area contributed by atoms with Gasteiger partial charge in [-0.1, -0.05) is 0 Å². The van der Waals surface area contributed by atoms with E-state index in [2.05, 4.69) is 5.32 Å². The van der Waals surface area contributed by atoms with E-state index in [4.69, 9.17) is 4.42 Å². The summed E-state index contributed by atoms with van der Waals surface area (Å²) in [4.78, 5) is 25.2. The Balaban J connectivity index is 2.11. The van der Waals surface area contributed by atoms with Crippen molar-refractivity contribution < 1.29 is 9.21 Å². The molecule has 104 valence electrons. The maximum Gasteiger partial charge on any atom is 0.335 e. The van der Waals surface area contributed by atoms with Crippen LogP contribution >= 0.6 is 0 Å². The van der Waals surface area contributed by atoms with Crippen molar-refractivity contribution in [3.05, 3.63) is 34.4 Å². The number of hydrogen-bond acceptors (Lipinski definition) is 4. The highest BCUT2D eigenvalue weighted by molar-refractivity contribution is 5.93. The van der Waals surface area contributed by atoms with E-state index < -0.39 is 5.63 Å². The SMILES string of the molecule is CC(C)N(CC1CCCN1)C(=O)c1ccc(=O)oc1. The molecule has 5 heteroatoms. The van der Waals surface area contributed by atoms with Crippen molar-refractivity contribution in [3.8, 4) is 0 Å². The first kappa shape index (κ1) is 13.8. The molecule has 1 aromatic rings. The highest BCUT2D eigenvalue weighted by Crippen LogP contribution is 2.12. The van der Waals surface area contributed by atoms with Gasteiger partial charge in [0.15, 0.2) is 0 Å². The molecule has 1 aromatic heterocycles. The monoisotopic (exact) mass is 264 g/mol. The second-order valence-corrected chi connectivity index (χ2v) is 5.19. The Morgan fingerprint density at radius 1 is 1.53 bits per heavy atom. The number of carbonyl (C=O) groups excluding carboxylic acids is 1. The Morgan fingerprint density at radius 3 is 2.84 bits per heavy atom. The number of rotatable bonds is 4. The normalized spacial score (nSPS) is 18.8. The molecule has 5 nitrogen and oxygen atoms in total. The minimum Gasteiger partial charge on any atom is -0.430 e. The van der Waals surface area contributed by atoms with E-state index in [1.807, 2.05) is 18.7 Å². The third-order valence-corrected chi connectivity index (χ3v) is 3.41. The maximum absolute atomic E-state index is 12.4. The van der Waals surface area contributed by atoms with Gasteiger partial charge < -0.3 is 14.6 Å². The molecule has 1 fully saturated rings. The molecule has 2 heterocycles. The first-order chi connectivity index (χ1) is 9.08. The number of carbonyl (C=O) groups is 1. The van der Waals surface area contributed by atoms with Gasteiger partial charge in [-0.2, -0.15) is 0 Å². The predicted octanol–water partition coefficient (Wildman–Crippen LogP) is 1.24. The van der Waals surface area contributed by atoms with E-state index in [0.717, 1.165) is 19.4 Å². The van der Waals surface area contributed by atoms with Gasteiger partial charge >= 0.3 is 5.63 Å². The molecule has 1 atom stereocenters. The molecule has 2 rings (SSSR count). The Labute approximate surface area is 112 Å². The fraction of sp³-hybridized carbons (Fsp3) is 0.571. The first-order valence-electron chi connectivity index (χ1n) is 6.71. The summed E-state index contributed by atoms with van der Waals surface area (Å²) in [5, 5.41) is 3.39. The predicted molar refractivity (Wildman–Crippen MR) is 72.2 cm³/mol. The van der Waals surface area contributed by atoms with E-state index in [9.17, 15) is 9.59 Å². The molecule has 0 radical (unpaired) electrons. The zero-order chi connectivity index (χ0) is 13.8. The molecule has 19 heavy (non-hydrogen) atoms. The van der Waals surface area contributed by atoms with Crippen LogP contribution in [0.3, 0.4) is 0 Å². The maximum atomic E-state index is 12.4. The smallest absolute Gasteiger partial charge is 0.335 e. The van der Waals surface area contributed by atoms with E-state index >= 15 is 0 Å². The lowest BCUT2D eigenvalue weighted by molar-refractivity contribution is 0.0686. The van der Waals surface area contributed by atoms with E-state index in [-0.39, 0.29) is 11.9 Å². The van der Waals surface area contributed by atoms with Crippen molar-refractivity contribution in [3.63, 3.8) is 0 Å². The van der Waals surface area contributed by atoms with Gasteiger partial charge in [-0.05, 0) is 39.3 Å². The summed E-state index contributed by atoms with van der Waals surface area (Å²) in [5.41, 5.74) is -0.0172. The van der Waals surface area contributed by atoms with Crippen LogP contribution in [0.25, 0.3) is 0 Å². The third-order valence-electron chi connectivity index (χ3n) is 3.41. The van der Waals surface area contributed by atoms with Crippen LogP contribution in [-0.2, 0) is 0 Å². The van der Waals surface area contributed by atoms with Gasteiger partial charge in [0.05, 0.1) is 5.56 Å². The van der Waals surface area contributed by atoms with Crippen LogP contribution in [0.4, 0.5) is 0 Å². The van der Waals surface area contributed by atoms with Crippen molar-refractivity contribution in [2.24, 2.45) is 0 Å². The summed E-state index contributed by atoms with van der Waals surface area (Å²) in [7, 11) is 0. The summed E-state index contributed by atoms with van der Waals surface area (Å²) in [6.07, 6.45) is 3.49. The number of hydrogen-bond donors (Lipinski definition) is 1. The Bertz CT molecular complexity index is 469. The molecule has 0 aromatic carbocycles. The summed E-state index contributed by atoms with van der Waals surface area (Å²) < 4.78 is 4.76. The fourth-order valence-electron chi connectivity index (χ4n) is 2.32. The van der Waals surface area contributed by atoms with E-state index in [1.54, 1.807) is 0 Å². The molecular formula is C14H20N2O3. The van der Waals surface area contributed by atoms with Crippen LogP contribution in [0.1, 0.15) is 37.0 Å². The molecule has 1 saturated heterocycles. The van der Waals surface area contributed by atoms with Gasteiger partial charge in [-0.25, -0.2) is 4.79 Å². The molecule has 0 bridgehead atoms. The van der Waals surface area contributed by atoms with Crippen molar-refractivity contribution >= 4 is 5.91 Å². The van der Waals surface area contributed by atoms with Crippen LogP contribution < -0.4 is 10.9 Å². The lowest BCUT2D eigenvalue weighted by Gasteiger charge is -2.29. The molecule has 0 aliphatic carbocycles. The summed E-state index contributed by atoms with van der Waals surface area (Å²) in [6.45, 7) is 5.69. The zero-order valence-corrected chi connectivity index (χ0v) is 11.4. The highest BCUT2D eigenvalue weighted by Gasteiger charge is 2.24. The lowest BCUT2D eigenvalue weighted by atomic mass is 10.1. The Hall–Kier alpha value is -1.62. The quantitative estimate of drug-likeness (QED) is 0.889. The number of amides is 1. The molecule has 1 amide bonds. The molecule has 1 aliphatic rings. The standard InChI is InChI=1S/C14H20N2O3/c1-10(2)16(8-12-4-3-7-15-12)14(18)11-5-6-13(17)19-9-11/h5-6,9-10,12,15H,3-4,7-8H2,1-2H3. The van der Waals surface area contributed by atoms with Crippen LogP contribution in [0, 0.1) is 0 Å². The topological polar surface area (TPSA) is 62.6 Å². The lowest BCUT2D eigenvalue weighted by Crippen LogP contribution is -2.44. The first-order valence-corrected chi connectivity index (χ1v) is 6.71. The summed E-state index contributed by atoms with van der Waals surface area (Å²) >= 11 is 0. The van der Waals surface area contributed by atoms with Gasteiger partial charge in [0.25, 0.3) is 5.91 Å². The Morgan fingerprint density at radius 2 is 2.32 bits per heavy atom. The second kappa shape index (κ2) is 6.02. The molecule has 1 aliphatic heterocycles. The van der Waals surface area contributed by atoms with Crippen molar-refractivity contribution in [2.75, 3.05) is 13.1 Å². The fourth-order valence-corrected chi connectivity index (χ4v) is 2.32. The van der Waals surface area contributed by atoms with Crippen molar-refractivity contribution in [2.45, 2.75) is 38.8 Å². The summed E-state index contributed by atoms with van der Waals surface area (Å²) in [5.74, 6) is -0.0903. The molecule has 1 unspecified atom stereocenters. The van der Waals surface area contributed by atoms with Gasteiger partial charge in [0, 0.05) is 24.7 Å². The Kier molecular flexibility index (Phi) is 4.37. The molecule has 0 spiro atoms. The van der Waals surface area contributed by atoms with Crippen LogP contribution in [-0.4, -0.2) is 36.0 Å². The number of nitrogens with one attached hydrogen (secondary N) is 1. The average Bonchev–Trinajstić information content (AvgIpc) is 2.88. The van der Waals surface area contributed by atoms with Gasteiger partial charge in [0.1, 0.15) is 6.26 Å². The summed E-state index contributed by atoms with van der Waals surface area (Å²) in [6, 6.07) is 3.27. The van der Waals surface area contributed by atoms with Gasteiger partial charge in [-0.15, -0.1) is 0 Å². The zero-order valence-electron chi connectivity index (χ0n) is 11.4. The average molecular weight is 264 g/mol. The number of nitrogens with zero attached hydrogens (tertiary/aromatic N) is 1.